The zero-order chi connectivity index (χ0) is 16.9. The molecule has 0 radical (unpaired) electrons. The molecule has 0 atom stereocenters. The maximum Gasteiger partial charge on any atom is 0.289 e. The number of furan rings is 1. The van der Waals surface area contributed by atoms with Crippen LogP contribution in [-0.4, -0.2) is 37.0 Å². The van der Waals surface area contributed by atoms with Crippen molar-refractivity contribution in [3.05, 3.63) is 52.4 Å². The number of nitrogens with zero attached hydrogens (tertiary/aromatic N) is 1. The smallest absolute Gasteiger partial charge is 0.289 e. The number of halogens is 1. The zero-order valence-corrected chi connectivity index (χ0v) is 15.2. The van der Waals surface area contributed by atoms with Crippen LogP contribution in [0.25, 0.3) is 0 Å². The van der Waals surface area contributed by atoms with Gasteiger partial charge >= 0.3 is 0 Å². The second kappa shape index (κ2) is 7.85. The van der Waals surface area contributed by atoms with Crippen LogP contribution >= 0.6 is 15.9 Å². The van der Waals surface area contributed by atoms with Crippen LogP contribution in [-0.2, 0) is 6.61 Å². The summed E-state index contributed by atoms with van der Waals surface area (Å²) in [5, 5.41) is 3.26. The SMILES string of the molecule is CNC1CCN(C(=O)c2ccc(COc3cccc(Br)c3)o2)CC1. The van der Waals surface area contributed by atoms with Gasteiger partial charge in [0.25, 0.3) is 5.91 Å². The number of ether oxygens (including phenoxy) is 1. The number of piperidine rings is 1. The van der Waals surface area contributed by atoms with E-state index < -0.39 is 0 Å². The maximum atomic E-state index is 12.5. The molecule has 1 amide bonds. The standard InChI is InChI=1S/C18H21BrN2O3/c1-20-14-7-9-21(10-8-14)18(22)17-6-5-16(24-17)12-23-15-4-2-3-13(19)11-15/h2-6,11,14,20H,7-10,12H2,1H3. The Hall–Kier alpha value is -1.79. The number of rotatable bonds is 5. The molecular formula is C18H21BrN2O3. The third-order valence-corrected chi connectivity index (χ3v) is 4.73. The number of likely N-dealkylation sites (tertiary alicyclic amines) is 1. The fourth-order valence-corrected chi connectivity index (χ4v) is 3.19. The summed E-state index contributed by atoms with van der Waals surface area (Å²) in [4.78, 5) is 14.3. The van der Waals surface area contributed by atoms with Crippen molar-refractivity contribution in [2.24, 2.45) is 0 Å². The Morgan fingerprint density at radius 3 is 2.83 bits per heavy atom. The molecule has 1 aromatic heterocycles. The van der Waals surface area contributed by atoms with Crippen molar-refractivity contribution >= 4 is 21.8 Å². The van der Waals surface area contributed by atoms with E-state index in [4.69, 9.17) is 9.15 Å². The van der Waals surface area contributed by atoms with E-state index in [9.17, 15) is 4.79 Å². The lowest BCUT2D eigenvalue weighted by molar-refractivity contribution is 0.0671. The van der Waals surface area contributed by atoms with E-state index in [0.29, 0.717) is 24.2 Å². The monoisotopic (exact) mass is 392 g/mol. The minimum atomic E-state index is -0.0433. The second-order valence-electron chi connectivity index (χ2n) is 5.87. The Labute approximate surface area is 150 Å². The van der Waals surface area contributed by atoms with Gasteiger partial charge in [0.05, 0.1) is 0 Å². The predicted octanol–water partition coefficient (Wildman–Crippen LogP) is 3.45. The van der Waals surface area contributed by atoms with Crippen LogP contribution in [0.3, 0.4) is 0 Å². The lowest BCUT2D eigenvalue weighted by Gasteiger charge is -2.31. The molecule has 0 aliphatic carbocycles. The third-order valence-electron chi connectivity index (χ3n) is 4.24. The quantitative estimate of drug-likeness (QED) is 0.846. The fraction of sp³-hybridized carbons (Fsp3) is 0.389. The summed E-state index contributed by atoms with van der Waals surface area (Å²) >= 11 is 3.41. The molecule has 1 aliphatic rings. The first-order valence-electron chi connectivity index (χ1n) is 8.09. The number of nitrogens with one attached hydrogen (secondary N) is 1. The van der Waals surface area contributed by atoms with Crippen LogP contribution in [0.4, 0.5) is 0 Å². The lowest BCUT2D eigenvalue weighted by atomic mass is 10.1. The Balaban J connectivity index is 1.56. The van der Waals surface area contributed by atoms with Gasteiger partial charge < -0.3 is 19.4 Å². The molecule has 0 spiro atoms. The second-order valence-corrected chi connectivity index (χ2v) is 6.78. The summed E-state index contributed by atoms with van der Waals surface area (Å²) in [5.74, 6) is 1.73. The largest absolute Gasteiger partial charge is 0.486 e. The maximum absolute atomic E-state index is 12.5. The summed E-state index contributed by atoms with van der Waals surface area (Å²) in [7, 11) is 1.96. The molecule has 128 valence electrons. The average Bonchev–Trinajstić information content (AvgIpc) is 3.08. The number of carbonyl (C=O) groups is 1. The molecule has 5 nitrogen and oxygen atoms in total. The molecule has 1 aliphatic heterocycles. The van der Waals surface area contributed by atoms with E-state index in [1.165, 1.54) is 0 Å². The van der Waals surface area contributed by atoms with Gasteiger partial charge in [-0.15, -0.1) is 0 Å². The first-order valence-corrected chi connectivity index (χ1v) is 8.88. The topological polar surface area (TPSA) is 54.7 Å². The van der Waals surface area contributed by atoms with E-state index in [1.807, 2.05) is 36.2 Å². The lowest BCUT2D eigenvalue weighted by Crippen LogP contribution is -2.43. The minimum Gasteiger partial charge on any atom is -0.486 e. The molecule has 0 saturated carbocycles. The predicted molar refractivity (Wildman–Crippen MR) is 95.2 cm³/mol. The number of hydrogen-bond acceptors (Lipinski definition) is 4. The van der Waals surface area contributed by atoms with Gasteiger partial charge in [-0.1, -0.05) is 22.0 Å². The summed E-state index contributed by atoms with van der Waals surface area (Å²) in [6.45, 7) is 1.81. The molecule has 0 unspecified atom stereocenters. The van der Waals surface area contributed by atoms with Gasteiger partial charge in [0.15, 0.2) is 5.76 Å². The van der Waals surface area contributed by atoms with Crippen LogP contribution in [0.5, 0.6) is 5.75 Å². The molecule has 6 heteroatoms. The molecule has 2 heterocycles. The van der Waals surface area contributed by atoms with E-state index in [-0.39, 0.29) is 5.91 Å². The van der Waals surface area contributed by atoms with Gasteiger partial charge in [-0.05, 0) is 50.2 Å². The van der Waals surface area contributed by atoms with Crippen molar-refractivity contribution in [1.29, 1.82) is 0 Å². The van der Waals surface area contributed by atoms with E-state index in [1.54, 1.807) is 12.1 Å². The van der Waals surface area contributed by atoms with Gasteiger partial charge in [0.1, 0.15) is 18.1 Å². The number of benzene rings is 1. The van der Waals surface area contributed by atoms with Crippen LogP contribution in [0.1, 0.15) is 29.2 Å². The Kier molecular flexibility index (Phi) is 5.58. The van der Waals surface area contributed by atoms with Crippen LogP contribution in [0, 0.1) is 0 Å². The van der Waals surface area contributed by atoms with E-state index in [2.05, 4.69) is 21.2 Å². The molecule has 2 aromatic rings. The zero-order valence-electron chi connectivity index (χ0n) is 13.6. The minimum absolute atomic E-state index is 0.0433. The Morgan fingerprint density at radius 2 is 2.12 bits per heavy atom. The van der Waals surface area contributed by atoms with Gasteiger partial charge in [0, 0.05) is 23.6 Å². The summed E-state index contributed by atoms with van der Waals surface area (Å²) < 4.78 is 12.3. The molecule has 24 heavy (non-hydrogen) atoms. The molecule has 1 saturated heterocycles. The van der Waals surface area contributed by atoms with Crippen molar-refractivity contribution in [3.8, 4) is 5.75 Å². The van der Waals surface area contributed by atoms with Gasteiger partial charge in [-0.3, -0.25) is 4.79 Å². The van der Waals surface area contributed by atoms with E-state index >= 15 is 0 Å². The first kappa shape index (κ1) is 17.0. The fourth-order valence-electron chi connectivity index (χ4n) is 2.81. The molecule has 3 rings (SSSR count). The molecule has 1 fully saturated rings. The highest BCUT2D eigenvalue weighted by molar-refractivity contribution is 9.10. The van der Waals surface area contributed by atoms with E-state index in [0.717, 1.165) is 36.2 Å². The third kappa shape index (κ3) is 4.19. The highest BCUT2D eigenvalue weighted by atomic mass is 79.9. The first-order chi connectivity index (χ1) is 11.7. The van der Waals surface area contributed by atoms with Gasteiger partial charge in [0.2, 0.25) is 0 Å². The summed E-state index contributed by atoms with van der Waals surface area (Å²) in [6, 6.07) is 11.6. The Bertz CT molecular complexity index is 693. The van der Waals surface area contributed by atoms with Gasteiger partial charge in [-0.25, -0.2) is 0 Å². The van der Waals surface area contributed by atoms with Crippen LogP contribution in [0.15, 0.2) is 45.3 Å². The Morgan fingerprint density at radius 1 is 1.33 bits per heavy atom. The van der Waals surface area contributed by atoms with Crippen LogP contribution in [0.2, 0.25) is 0 Å². The van der Waals surface area contributed by atoms with Crippen molar-refractivity contribution in [3.63, 3.8) is 0 Å². The number of carbonyl (C=O) groups excluding carboxylic acids is 1. The van der Waals surface area contributed by atoms with Crippen molar-refractivity contribution in [1.82, 2.24) is 10.2 Å². The van der Waals surface area contributed by atoms with Crippen molar-refractivity contribution < 1.29 is 13.9 Å². The molecular weight excluding hydrogens is 372 g/mol. The van der Waals surface area contributed by atoms with Crippen molar-refractivity contribution in [2.75, 3.05) is 20.1 Å². The average molecular weight is 393 g/mol. The highest BCUT2D eigenvalue weighted by Gasteiger charge is 2.24. The molecule has 1 aromatic carbocycles. The number of hydrogen-bond donors (Lipinski definition) is 1. The van der Waals surface area contributed by atoms with Crippen molar-refractivity contribution in [2.45, 2.75) is 25.5 Å². The normalized spacial score (nSPS) is 15.5. The summed E-state index contributed by atoms with van der Waals surface area (Å²) in [6.07, 6.45) is 1.95. The highest BCUT2D eigenvalue weighted by Crippen LogP contribution is 2.20. The van der Waals surface area contributed by atoms with Crippen LogP contribution < -0.4 is 10.1 Å². The summed E-state index contributed by atoms with van der Waals surface area (Å²) in [5.41, 5.74) is 0. The molecule has 1 N–H and O–H groups in total. The van der Waals surface area contributed by atoms with Gasteiger partial charge in [-0.2, -0.15) is 0 Å². The molecule has 0 bridgehead atoms. The number of amides is 1.